The van der Waals surface area contributed by atoms with Crippen molar-refractivity contribution >= 4 is 50.6 Å². The molecule has 178 valence electrons. The third kappa shape index (κ3) is 6.55. The molecule has 0 aliphatic heterocycles. The molecule has 2 amide bonds. The SMILES string of the molecule is COc1cc(NC(=O)c2ccc(NS(=O)O)cc2)nc(NC(=O)c2ccc(S(N)(=O)=O)cc2)n1. The van der Waals surface area contributed by atoms with Gasteiger partial charge in [-0.15, -0.1) is 0 Å². The molecule has 0 saturated carbocycles. The van der Waals surface area contributed by atoms with E-state index in [1.807, 2.05) is 0 Å². The van der Waals surface area contributed by atoms with Crippen molar-refractivity contribution in [3.63, 3.8) is 0 Å². The van der Waals surface area contributed by atoms with Gasteiger partial charge in [0.05, 0.1) is 12.0 Å². The van der Waals surface area contributed by atoms with Gasteiger partial charge in [-0.05, 0) is 48.5 Å². The molecule has 13 nitrogen and oxygen atoms in total. The summed E-state index contributed by atoms with van der Waals surface area (Å²) in [6.45, 7) is 0. The molecule has 34 heavy (non-hydrogen) atoms. The number of rotatable bonds is 8. The zero-order chi connectivity index (χ0) is 24.9. The fourth-order valence-corrected chi connectivity index (χ4v) is 3.45. The molecule has 0 fully saturated rings. The van der Waals surface area contributed by atoms with Gasteiger partial charge in [0, 0.05) is 22.9 Å². The van der Waals surface area contributed by atoms with Crippen LogP contribution in [0.3, 0.4) is 0 Å². The van der Waals surface area contributed by atoms with E-state index in [0.717, 1.165) is 0 Å². The molecule has 1 heterocycles. The number of primary sulfonamides is 1. The van der Waals surface area contributed by atoms with E-state index in [9.17, 15) is 22.2 Å². The second-order valence-corrected chi connectivity index (χ2v) is 8.79. The summed E-state index contributed by atoms with van der Waals surface area (Å²) in [5.41, 5.74) is 0.678. The largest absolute Gasteiger partial charge is 0.481 e. The zero-order valence-electron chi connectivity index (χ0n) is 17.4. The van der Waals surface area contributed by atoms with Crippen LogP contribution in [0.25, 0.3) is 0 Å². The lowest BCUT2D eigenvalue weighted by Crippen LogP contribution is -2.18. The van der Waals surface area contributed by atoms with Gasteiger partial charge in [0.15, 0.2) is 0 Å². The topological polar surface area (TPSA) is 203 Å². The van der Waals surface area contributed by atoms with Crippen molar-refractivity contribution in [1.29, 1.82) is 0 Å². The predicted molar refractivity (Wildman–Crippen MR) is 123 cm³/mol. The molecule has 6 N–H and O–H groups in total. The van der Waals surface area contributed by atoms with Crippen molar-refractivity contribution in [3.8, 4) is 5.88 Å². The Balaban J connectivity index is 1.75. The molecule has 0 radical (unpaired) electrons. The number of aromatic nitrogens is 2. The van der Waals surface area contributed by atoms with E-state index in [2.05, 4.69) is 25.3 Å². The third-order valence-corrected chi connectivity index (χ3v) is 5.52. The number of hydrogen-bond acceptors (Lipinski definition) is 8. The predicted octanol–water partition coefficient (Wildman–Crippen LogP) is 1.19. The van der Waals surface area contributed by atoms with Crippen LogP contribution >= 0.6 is 0 Å². The van der Waals surface area contributed by atoms with E-state index in [0.29, 0.717) is 5.69 Å². The molecule has 15 heteroatoms. The molecule has 1 aromatic heterocycles. The van der Waals surface area contributed by atoms with Crippen molar-refractivity contribution in [2.75, 3.05) is 22.5 Å². The Morgan fingerprint density at radius 1 is 0.971 bits per heavy atom. The maximum atomic E-state index is 12.5. The fraction of sp³-hybridized carbons (Fsp3) is 0.0526. The molecule has 0 saturated heterocycles. The number of nitrogens with zero attached hydrogens (tertiary/aromatic N) is 2. The number of hydrogen-bond donors (Lipinski definition) is 5. The first-order valence-corrected chi connectivity index (χ1v) is 11.9. The van der Waals surface area contributed by atoms with Gasteiger partial charge in [0.1, 0.15) is 5.82 Å². The van der Waals surface area contributed by atoms with Crippen LogP contribution in [0.4, 0.5) is 17.5 Å². The number of nitrogens with two attached hydrogens (primary N) is 1. The number of carbonyl (C=O) groups excluding carboxylic acids is 2. The summed E-state index contributed by atoms with van der Waals surface area (Å²) in [4.78, 5) is 32.9. The maximum Gasteiger partial charge on any atom is 0.259 e. The van der Waals surface area contributed by atoms with Crippen molar-refractivity contribution in [2.24, 2.45) is 5.14 Å². The van der Waals surface area contributed by atoms with E-state index in [1.54, 1.807) is 0 Å². The lowest BCUT2D eigenvalue weighted by Gasteiger charge is -2.10. The summed E-state index contributed by atoms with van der Waals surface area (Å²) in [5.74, 6) is -1.30. The molecule has 0 aliphatic rings. The molecule has 1 atom stereocenters. The van der Waals surface area contributed by atoms with Crippen LogP contribution in [0.1, 0.15) is 20.7 Å². The van der Waals surface area contributed by atoms with Crippen LogP contribution in [-0.2, 0) is 21.3 Å². The van der Waals surface area contributed by atoms with E-state index in [1.165, 1.54) is 61.7 Å². The summed E-state index contributed by atoms with van der Waals surface area (Å²) < 4.78 is 49.6. The molecule has 1 unspecified atom stereocenters. The fourth-order valence-electron chi connectivity index (χ4n) is 2.60. The average Bonchev–Trinajstić information content (AvgIpc) is 2.78. The second kappa shape index (κ2) is 10.3. The smallest absolute Gasteiger partial charge is 0.259 e. The Bertz CT molecular complexity index is 1350. The van der Waals surface area contributed by atoms with Crippen molar-refractivity contribution in [3.05, 3.63) is 65.7 Å². The van der Waals surface area contributed by atoms with Crippen LogP contribution < -0.4 is 25.2 Å². The maximum absolute atomic E-state index is 12.5. The first kappa shape index (κ1) is 24.7. The first-order valence-electron chi connectivity index (χ1n) is 9.21. The van der Waals surface area contributed by atoms with Gasteiger partial charge in [-0.2, -0.15) is 9.97 Å². The van der Waals surface area contributed by atoms with Gasteiger partial charge in [-0.1, -0.05) is 0 Å². The highest BCUT2D eigenvalue weighted by Crippen LogP contribution is 2.18. The molecule has 2 aromatic carbocycles. The molecule has 0 bridgehead atoms. The molecule has 3 rings (SSSR count). The Morgan fingerprint density at radius 2 is 1.53 bits per heavy atom. The van der Waals surface area contributed by atoms with Gasteiger partial charge < -0.3 is 10.1 Å². The van der Waals surface area contributed by atoms with Gasteiger partial charge in [-0.25, -0.2) is 17.8 Å². The molecule has 3 aromatic rings. The minimum absolute atomic E-state index is 0.0235. The Hall–Kier alpha value is -3.92. The highest BCUT2D eigenvalue weighted by atomic mass is 32.2. The number of sulfonamides is 1. The van der Waals surface area contributed by atoms with Crippen molar-refractivity contribution in [1.82, 2.24) is 9.97 Å². The van der Waals surface area contributed by atoms with Crippen LogP contribution in [0, 0.1) is 0 Å². The Labute approximate surface area is 196 Å². The standard InChI is InChI=1S/C19H18N6O7S2/c1-32-16-10-15(21-17(26)11-2-6-13(7-3-11)25-33(28)29)22-19(23-16)24-18(27)12-4-8-14(9-5-12)34(20,30)31/h2-10,25H,1H3,(H,28,29)(H2,20,30,31)(H2,21,22,23,24,26,27). The molecule has 0 spiro atoms. The van der Waals surface area contributed by atoms with Gasteiger partial charge in [0.25, 0.3) is 23.1 Å². The van der Waals surface area contributed by atoms with E-state index < -0.39 is 33.1 Å². The van der Waals surface area contributed by atoms with Gasteiger partial charge >= 0.3 is 0 Å². The van der Waals surface area contributed by atoms with Crippen LogP contribution in [0.15, 0.2) is 59.5 Å². The third-order valence-electron chi connectivity index (χ3n) is 4.18. The summed E-state index contributed by atoms with van der Waals surface area (Å²) in [6.07, 6.45) is 0. The van der Waals surface area contributed by atoms with E-state index in [4.69, 9.17) is 14.4 Å². The number of carbonyl (C=O) groups is 2. The van der Waals surface area contributed by atoms with Crippen molar-refractivity contribution < 1.29 is 31.5 Å². The number of benzene rings is 2. The zero-order valence-corrected chi connectivity index (χ0v) is 19.0. The Kier molecular flexibility index (Phi) is 7.52. The van der Waals surface area contributed by atoms with Crippen molar-refractivity contribution in [2.45, 2.75) is 4.90 Å². The lowest BCUT2D eigenvalue weighted by molar-refractivity contribution is 0.101. The number of ether oxygens (including phenoxy) is 1. The van der Waals surface area contributed by atoms with Crippen LogP contribution in [0.5, 0.6) is 5.88 Å². The Morgan fingerprint density at radius 3 is 2.06 bits per heavy atom. The van der Waals surface area contributed by atoms with Gasteiger partial charge in [-0.3, -0.25) is 24.2 Å². The monoisotopic (exact) mass is 506 g/mol. The minimum atomic E-state index is -3.90. The molecular formula is C19H18N6O7S2. The van der Waals surface area contributed by atoms with E-state index >= 15 is 0 Å². The second-order valence-electron chi connectivity index (χ2n) is 6.53. The van der Waals surface area contributed by atoms with E-state index in [-0.39, 0.29) is 33.7 Å². The minimum Gasteiger partial charge on any atom is -0.481 e. The summed E-state index contributed by atoms with van der Waals surface area (Å²) in [6, 6.07) is 12.0. The lowest BCUT2D eigenvalue weighted by atomic mass is 10.2. The highest BCUT2D eigenvalue weighted by Gasteiger charge is 2.15. The molecule has 0 aliphatic carbocycles. The summed E-state index contributed by atoms with van der Waals surface area (Å²) in [7, 11) is -2.57. The number of amides is 2. The number of nitrogens with one attached hydrogen (secondary N) is 3. The first-order chi connectivity index (χ1) is 16.0. The average molecular weight is 507 g/mol. The highest BCUT2D eigenvalue weighted by molar-refractivity contribution is 7.89. The quantitative estimate of drug-likeness (QED) is 0.278. The number of methoxy groups -OCH3 is 1. The number of anilines is 3. The van der Waals surface area contributed by atoms with Crippen LogP contribution in [0.2, 0.25) is 0 Å². The summed E-state index contributed by atoms with van der Waals surface area (Å²) in [5, 5.41) is 10.0. The van der Waals surface area contributed by atoms with Gasteiger partial charge in [0.2, 0.25) is 21.9 Å². The summed E-state index contributed by atoms with van der Waals surface area (Å²) >= 11 is -2.24. The van der Waals surface area contributed by atoms with Crippen LogP contribution in [-0.4, -0.2) is 46.1 Å². The normalized spacial score (nSPS) is 11.9. The molecular weight excluding hydrogens is 488 g/mol.